The van der Waals surface area contributed by atoms with Crippen molar-refractivity contribution in [2.45, 2.75) is 31.6 Å². The molecule has 0 radical (unpaired) electrons. The molecule has 4 rings (SSSR count). The van der Waals surface area contributed by atoms with Gasteiger partial charge in [0.15, 0.2) is 0 Å². The van der Waals surface area contributed by atoms with Crippen LogP contribution in [0.25, 0.3) is 5.57 Å². The minimum atomic E-state index is -3.63. The summed E-state index contributed by atoms with van der Waals surface area (Å²) in [5.41, 5.74) is 2.57. The summed E-state index contributed by atoms with van der Waals surface area (Å²) in [7, 11) is -3.63. The van der Waals surface area contributed by atoms with E-state index in [1.165, 1.54) is 6.07 Å². The van der Waals surface area contributed by atoms with Gasteiger partial charge in [-0.3, -0.25) is 4.79 Å². The van der Waals surface area contributed by atoms with Crippen LogP contribution in [0.1, 0.15) is 42.6 Å². The highest BCUT2D eigenvalue weighted by atomic mass is 32.2. The molecule has 2 aliphatic rings. The SMILES string of the molecule is CC1CC(C)CN(S(=O)(=O)c2cccc(C(=O)N3CC=C(c4ccc(O)cc4)CC3)c2)C1. The Morgan fingerprint density at radius 2 is 1.72 bits per heavy atom. The van der Waals surface area contributed by atoms with Crippen LogP contribution in [0.15, 0.2) is 59.5 Å². The first kappa shape index (κ1) is 22.6. The van der Waals surface area contributed by atoms with Crippen molar-refractivity contribution in [3.05, 3.63) is 65.7 Å². The Morgan fingerprint density at radius 3 is 2.34 bits per heavy atom. The van der Waals surface area contributed by atoms with Crippen LogP contribution in [-0.4, -0.2) is 54.8 Å². The molecule has 170 valence electrons. The number of aromatic hydroxyl groups is 1. The molecule has 2 atom stereocenters. The van der Waals surface area contributed by atoms with Gasteiger partial charge in [-0.05, 0) is 66.1 Å². The lowest BCUT2D eigenvalue weighted by molar-refractivity contribution is 0.0772. The van der Waals surface area contributed by atoms with E-state index in [4.69, 9.17) is 0 Å². The molecule has 2 heterocycles. The number of carbonyl (C=O) groups is 1. The van der Waals surface area contributed by atoms with E-state index >= 15 is 0 Å². The maximum Gasteiger partial charge on any atom is 0.254 e. The summed E-state index contributed by atoms with van der Waals surface area (Å²) < 4.78 is 28.0. The lowest BCUT2D eigenvalue weighted by atomic mass is 9.94. The van der Waals surface area contributed by atoms with Crippen molar-refractivity contribution in [1.29, 1.82) is 0 Å². The Morgan fingerprint density at radius 1 is 1.03 bits per heavy atom. The van der Waals surface area contributed by atoms with Crippen LogP contribution in [0.2, 0.25) is 0 Å². The van der Waals surface area contributed by atoms with Crippen LogP contribution >= 0.6 is 0 Å². The molecule has 0 aromatic heterocycles. The zero-order valence-corrected chi connectivity index (χ0v) is 19.4. The van der Waals surface area contributed by atoms with Gasteiger partial charge in [0.25, 0.3) is 5.91 Å². The Bertz CT molecular complexity index is 1110. The lowest BCUT2D eigenvalue weighted by Crippen LogP contribution is -2.42. The number of amides is 1. The topological polar surface area (TPSA) is 77.9 Å². The molecule has 32 heavy (non-hydrogen) atoms. The predicted molar refractivity (Wildman–Crippen MR) is 125 cm³/mol. The number of hydrogen-bond acceptors (Lipinski definition) is 4. The highest BCUT2D eigenvalue weighted by Gasteiger charge is 2.32. The number of benzene rings is 2. The number of phenolic OH excluding ortho intramolecular Hbond substituents is 1. The minimum Gasteiger partial charge on any atom is -0.508 e. The Kier molecular flexibility index (Phi) is 6.40. The van der Waals surface area contributed by atoms with Gasteiger partial charge in [-0.2, -0.15) is 4.31 Å². The molecule has 2 unspecified atom stereocenters. The summed E-state index contributed by atoms with van der Waals surface area (Å²) >= 11 is 0. The second-order valence-electron chi connectivity index (χ2n) is 9.07. The minimum absolute atomic E-state index is 0.163. The van der Waals surface area contributed by atoms with Crippen molar-refractivity contribution in [2.75, 3.05) is 26.2 Å². The van der Waals surface area contributed by atoms with E-state index in [9.17, 15) is 18.3 Å². The van der Waals surface area contributed by atoms with Gasteiger partial charge in [0, 0.05) is 31.7 Å². The summed E-state index contributed by atoms with van der Waals surface area (Å²) in [6.45, 7) is 6.21. The molecule has 1 saturated heterocycles. The van der Waals surface area contributed by atoms with Gasteiger partial charge in [-0.1, -0.05) is 38.1 Å². The zero-order chi connectivity index (χ0) is 22.9. The van der Waals surface area contributed by atoms with E-state index in [-0.39, 0.29) is 16.6 Å². The van der Waals surface area contributed by atoms with E-state index in [2.05, 4.69) is 13.8 Å². The van der Waals surface area contributed by atoms with Gasteiger partial charge < -0.3 is 10.0 Å². The highest BCUT2D eigenvalue weighted by molar-refractivity contribution is 7.89. The Hall–Kier alpha value is -2.64. The Labute approximate surface area is 190 Å². The van der Waals surface area contributed by atoms with Crippen molar-refractivity contribution in [1.82, 2.24) is 9.21 Å². The largest absolute Gasteiger partial charge is 0.508 e. The zero-order valence-electron chi connectivity index (χ0n) is 18.6. The third kappa shape index (κ3) is 4.74. The molecule has 2 aromatic rings. The standard InChI is InChI=1S/C25H30N2O4S/c1-18-14-19(2)17-27(16-18)32(30,31)24-5-3-4-22(15-24)25(29)26-12-10-21(11-13-26)20-6-8-23(28)9-7-20/h3-10,15,18-19,28H,11-14,16-17H2,1-2H3. The van der Waals surface area contributed by atoms with Crippen LogP contribution in [-0.2, 0) is 10.0 Å². The monoisotopic (exact) mass is 454 g/mol. The highest BCUT2D eigenvalue weighted by Crippen LogP contribution is 2.28. The molecule has 0 aliphatic carbocycles. The molecular weight excluding hydrogens is 424 g/mol. The fraction of sp³-hybridized carbons (Fsp3) is 0.400. The molecule has 0 saturated carbocycles. The summed E-state index contributed by atoms with van der Waals surface area (Å²) in [6, 6.07) is 13.5. The molecule has 2 aromatic carbocycles. The average Bonchev–Trinajstić information content (AvgIpc) is 2.79. The van der Waals surface area contributed by atoms with Crippen LogP contribution in [0.5, 0.6) is 5.75 Å². The maximum absolute atomic E-state index is 13.2. The number of carbonyl (C=O) groups excluding carboxylic acids is 1. The first-order valence-electron chi connectivity index (χ1n) is 11.1. The number of nitrogens with zero attached hydrogens (tertiary/aromatic N) is 2. The molecule has 0 spiro atoms. The molecule has 1 N–H and O–H groups in total. The van der Waals surface area contributed by atoms with Crippen LogP contribution in [0, 0.1) is 11.8 Å². The molecule has 0 bridgehead atoms. The maximum atomic E-state index is 13.2. The molecular formula is C25H30N2O4S. The van der Waals surface area contributed by atoms with Gasteiger partial charge in [0.2, 0.25) is 10.0 Å². The lowest BCUT2D eigenvalue weighted by Gasteiger charge is -2.34. The van der Waals surface area contributed by atoms with E-state index in [0.717, 1.165) is 17.6 Å². The molecule has 1 fully saturated rings. The molecule has 1 amide bonds. The summed E-state index contributed by atoms with van der Waals surface area (Å²) in [4.78, 5) is 15.0. The van der Waals surface area contributed by atoms with Crippen molar-refractivity contribution in [3.8, 4) is 5.75 Å². The fourth-order valence-electron chi connectivity index (χ4n) is 4.71. The third-order valence-corrected chi connectivity index (χ3v) is 8.12. The van der Waals surface area contributed by atoms with E-state index < -0.39 is 10.0 Å². The van der Waals surface area contributed by atoms with Gasteiger partial charge in [-0.25, -0.2) is 8.42 Å². The van der Waals surface area contributed by atoms with Crippen LogP contribution < -0.4 is 0 Å². The van der Waals surface area contributed by atoms with Crippen LogP contribution in [0.4, 0.5) is 0 Å². The Balaban J connectivity index is 1.50. The third-order valence-electron chi connectivity index (χ3n) is 6.29. The van der Waals surface area contributed by atoms with Crippen molar-refractivity contribution >= 4 is 21.5 Å². The number of sulfonamides is 1. The van der Waals surface area contributed by atoms with Crippen molar-refractivity contribution in [3.63, 3.8) is 0 Å². The predicted octanol–water partition coefficient (Wildman–Crippen LogP) is 3.99. The second kappa shape index (κ2) is 9.08. The molecule has 6 nitrogen and oxygen atoms in total. The number of phenols is 1. The van der Waals surface area contributed by atoms with Gasteiger partial charge in [-0.15, -0.1) is 0 Å². The smallest absolute Gasteiger partial charge is 0.254 e. The summed E-state index contributed by atoms with van der Waals surface area (Å²) in [6.07, 6.45) is 3.75. The summed E-state index contributed by atoms with van der Waals surface area (Å²) in [5.74, 6) is 0.705. The average molecular weight is 455 g/mol. The molecule has 7 heteroatoms. The first-order valence-corrected chi connectivity index (χ1v) is 12.6. The van der Waals surface area contributed by atoms with E-state index in [1.54, 1.807) is 39.5 Å². The summed E-state index contributed by atoms with van der Waals surface area (Å²) in [5, 5.41) is 9.47. The second-order valence-corrected chi connectivity index (χ2v) is 11.0. The van der Waals surface area contributed by atoms with Crippen molar-refractivity contribution in [2.24, 2.45) is 11.8 Å². The van der Waals surface area contributed by atoms with Gasteiger partial charge >= 0.3 is 0 Å². The van der Waals surface area contributed by atoms with E-state index in [0.29, 0.717) is 50.0 Å². The van der Waals surface area contributed by atoms with Gasteiger partial charge in [0.05, 0.1) is 4.90 Å². The van der Waals surface area contributed by atoms with Crippen molar-refractivity contribution < 1.29 is 18.3 Å². The first-order chi connectivity index (χ1) is 15.2. The normalized spacial score (nSPS) is 22.4. The number of hydrogen-bond donors (Lipinski definition) is 1. The molecule has 2 aliphatic heterocycles. The number of piperidine rings is 1. The fourth-order valence-corrected chi connectivity index (χ4v) is 6.44. The quantitative estimate of drug-likeness (QED) is 0.758. The van der Waals surface area contributed by atoms with Crippen LogP contribution in [0.3, 0.4) is 0 Å². The van der Waals surface area contributed by atoms with E-state index in [1.807, 2.05) is 18.2 Å². The number of rotatable bonds is 4. The van der Waals surface area contributed by atoms with Gasteiger partial charge in [0.1, 0.15) is 5.75 Å².